The van der Waals surface area contributed by atoms with Crippen molar-refractivity contribution in [3.8, 4) is 0 Å². The number of rotatable bonds is 2. The van der Waals surface area contributed by atoms with E-state index in [9.17, 15) is 4.79 Å². The highest BCUT2D eigenvalue weighted by molar-refractivity contribution is 5.67. The fraction of sp³-hybridized carbons (Fsp3) is 0.889. The quantitative estimate of drug-likeness (QED) is 0.405. The molecular weight excluding hydrogens is 168 g/mol. The third kappa shape index (κ3) is 2.88. The first kappa shape index (κ1) is 10.3. The van der Waals surface area contributed by atoms with Crippen molar-refractivity contribution >= 4 is 6.09 Å². The lowest BCUT2D eigenvalue weighted by atomic mass is 9.95. The number of ether oxygens (including phenoxy) is 1. The van der Waals surface area contributed by atoms with Gasteiger partial charge in [0, 0.05) is 0 Å². The first-order chi connectivity index (χ1) is 6.25. The largest absolute Gasteiger partial charge is 0.449 e. The third-order valence-electron chi connectivity index (χ3n) is 2.45. The van der Waals surface area contributed by atoms with Crippen molar-refractivity contribution in [2.75, 3.05) is 6.61 Å². The molecule has 1 aliphatic carbocycles. The van der Waals surface area contributed by atoms with E-state index in [-0.39, 0.29) is 6.04 Å². The predicted molar refractivity (Wildman–Crippen MR) is 49.9 cm³/mol. The van der Waals surface area contributed by atoms with Gasteiger partial charge in [-0.3, -0.25) is 0 Å². The van der Waals surface area contributed by atoms with Gasteiger partial charge in [0.1, 0.15) is 0 Å². The lowest BCUT2D eigenvalue weighted by Gasteiger charge is -2.29. The van der Waals surface area contributed by atoms with Crippen LogP contribution in [-0.2, 0) is 4.74 Å². The molecule has 4 nitrogen and oxygen atoms in total. The maximum absolute atomic E-state index is 11.2. The topological polar surface area (TPSA) is 55.6 Å². The fourth-order valence-electron chi connectivity index (χ4n) is 1.71. The molecule has 1 aliphatic rings. The highest BCUT2D eigenvalue weighted by Gasteiger charge is 2.23. The summed E-state index contributed by atoms with van der Waals surface area (Å²) in [4.78, 5) is 11.2. The minimum atomic E-state index is -0.394. The van der Waals surface area contributed by atoms with Crippen molar-refractivity contribution < 1.29 is 9.53 Å². The molecule has 0 unspecified atom stereocenters. The molecule has 0 bridgehead atoms. The Labute approximate surface area is 79.0 Å². The van der Waals surface area contributed by atoms with Gasteiger partial charge >= 0.3 is 6.09 Å². The van der Waals surface area contributed by atoms with Crippen LogP contribution in [0.1, 0.15) is 39.0 Å². The lowest BCUT2D eigenvalue weighted by Crippen LogP contribution is -2.46. The predicted octanol–water partition coefficient (Wildman–Crippen LogP) is 1.65. The highest BCUT2D eigenvalue weighted by atomic mass is 16.6. The maximum atomic E-state index is 11.2. The van der Waals surface area contributed by atoms with Crippen molar-refractivity contribution in [2.45, 2.75) is 45.1 Å². The second-order valence-corrected chi connectivity index (χ2v) is 3.40. The van der Waals surface area contributed by atoms with Gasteiger partial charge in [0.25, 0.3) is 0 Å². The molecule has 0 heterocycles. The fourth-order valence-corrected chi connectivity index (χ4v) is 1.71. The van der Waals surface area contributed by atoms with E-state index in [1.165, 1.54) is 11.4 Å². The van der Waals surface area contributed by atoms with Crippen molar-refractivity contribution in [3.05, 3.63) is 0 Å². The highest BCUT2D eigenvalue weighted by Crippen LogP contribution is 2.20. The zero-order chi connectivity index (χ0) is 9.68. The van der Waals surface area contributed by atoms with Crippen LogP contribution in [0.5, 0.6) is 0 Å². The summed E-state index contributed by atoms with van der Waals surface area (Å²) in [5.41, 5.74) is 0. The molecule has 4 heteroatoms. The van der Waals surface area contributed by atoms with Crippen molar-refractivity contribution in [3.63, 3.8) is 0 Å². The van der Waals surface area contributed by atoms with Crippen LogP contribution in [0.15, 0.2) is 0 Å². The van der Waals surface area contributed by atoms with Gasteiger partial charge in [-0.05, 0) is 19.8 Å². The Balaban J connectivity index is 2.35. The molecular formula is C9H18N2O2. The number of hydrogen-bond acceptors (Lipinski definition) is 3. The summed E-state index contributed by atoms with van der Waals surface area (Å²) in [6.45, 7) is 2.17. The second-order valence-electron chi connectivity index (χ2n) is 3.40. The van der Waals surface area contributed by atoms with E-state index in [1.54, 1.807) is 6.92 Å². The van der Waals surface area contributed by atoms with Crippen LogP contribution in [0.3, 0.4) is 0 Å². The minimum Gasteiger partial charge on any atom is -0.449 e. The molecule has 0 spiro atoms. The van der Waals surface area contributed by atoms with Crippen LogP contribution in [0, 0.1) is 0 Å². The van der Waals surface area contributed by atoms with E-state index >= 15 is 0 Å². The van der Waals surface area contributed by atoms with E-state index in [2.05, 4.69) is 0 Å². The lowest BCUT2D eigenvalue weighted by molar-refractivity contribution is 0.0808. The Bertz CT molecular complexity index is 167. The molecule has 0 saturated heterocycles. The summed E-state index contributed by atoms with van der Waals surface area (Å²) < 4.78 is 4.82. The number of carbonyl (C=O) groups excluding carboxylic acids is 1. The third-order valence-corrected chi connectivity index (χ3v) is 2.45. The molecule has 0 aromatic carbocycles. The van der Waals surface area contributed by atoms with E-state index < -0.39 is 6.09 Å². The molecule has 0 atom stereocenters. The second kappa shape index (κ2) is 5.07. The zero-order valence-corrected chi connectivity index (χ0v) is 8.16. The van der Waals surface area contributed by atoms with Gasteiger partial charge in [0.2, 0.25) is 0 Å². The Kier molecular flexibility index (Phi) is 4.02. The molecule has 1 rings (SSSR count). The van der Waals surface area contributed by atoms with Gasteiger partial charge < -0.3 is 4.74 Å². The monoisotopic (exact) mass is 186 g/mol. The molecule has 13 heavy (non-hydrogen) atoms. The van der Waals surface area contributed by atoms with Crippen molar-refractivity contribution in [2.24, 2.45) is 5.84 Å². The Morgan fingerprint density at radius 1 is 1.46 bits per heavy atom. The van der Waals surface area contributed by atoms with Crippen LogP contribution >= 0.6 is 0 Å². The Morgan fingerprint density at radius 3 is 2.62 bits per heavy atom. The molecule has 1 fully saturated rings. The average Bonchev–Trinajstić information content (AvgIpc) is 2.18. The minimum absolute atomic E-state index is 0.188. The number of hydrogen-bond donors (Lipinski definition) is 1. The molecule has 2 N–H and O–H groups in total. The van der Waals surface area contributed by atoms with Crippen LogP contribution in [0.25, 0.3) is 0 Å². The van der Waals surface area contributed by atoms with Crippen LogP contribution in [0.4, 0.5) is 4.79 Å². The number of carbonyl (C=O) groups is 1. The SMILES string of the molecule is CCOC(=O)N(N)C1CCCCC1. The van der Waals surface area contributed by atoms with E-state index in [0.717, 1.165) is 25.7 Å². The number of amides is 1. The average molecular weight is 186 g/mol. The molecule has 0 radical (unpaired) electrons. The number of hydrazine groups is 1. The smallest absolute Gasteiger partial charge is 0.424 e. The van der Waals surface area contributed by atoms with Crippen molar-refractivity contribution in [1.29, 1.82) is 0 Å². The summed E-state index contributed by atoms with van der Waals surface area (Å²) in [6.07, 6.45) is 5.21. The molecule has 0 aromatic heterocycles. The Hall–Kier alpha value is -0.770. The first-order valence-electron chi connectivity index (χ1n) is 4.96. The van der Waals surface area contributed by atoms with Gasteiger partial charge in [0.05, 0.1) is 12.6 Å². The van der Waals surface area contributed by atoms with Gasteiger partial charge in [-0.15, -0.1) is 0 Å². The van der Waals surface area contributed by atoms with Gasteiger partial charge in [0.15, 0.2) is 0 Å². The van der Waals surface area contributed by atoms with Crippen LogP contribution in [-0.4, -0.2) is 23.8 Å². The van der Waals surface area contributed by atoms with Gasteiger partial charge in [-0.25, -0.2) is 15.6 Å². The van der Waals surface area contributed by atoms with Gasteiger partial charge in [-0.2, -0.15) is 0 Å². The van der Waals surface area contributed by atoms with E-state index in [4.69, 9.17) is 10.6 Å². The molecule has 0 aromatic rings. The summed E-state index contributed by atoms with van der Waals surface area (Å²) >= 11 is 0. The van der Waals surface area contributed by atoms with Crippen LogP contribution < -0.4 is 5.84 Å². The standard InChI is InChI=1S/C9H18N2O2/c1-2-13-9(12)11(10)8-6-4-3-5-7-8/h8H,2-7,10H2,1H3. The summed E-state index contributed by atoms with van der Waals surface area (Å²) in [5.74, 6) is 5.64. The molecule has 1 saturated carbocycles. The molecule has 1 amide bonds. The number of nitrogens with zero attached hydrogens (tertiary/aromatic N) is 1. The van der Waals surface area contributed by atoms with E-state index in [0.29, 0.717) is 6.61 Å². The van der Waals surface area contributed by atoms with Crippen molar-refractivity contribution in [1.82, 2.24) is 5.01 Å². The summed E-state index contributed by atoms with van der Waals surface area (Å²) in [5, 5.41) is 1.25. The Morgan fingerprint density at radius 2 is 2.08 bits per heavy atom. The molecule has 0 aliphatic heterocycles. The summed E-state index contributed by atoms with van der Waals surface area (Å²) in [6, 6.07) is 0.188. The van der Waals surface area contributed by atoms with E-state index in [1.807, 2.05) is 0 Å². The zero-order valence-electron chi connectivity index (χ0n) is 8.16. The number of nitrogens with two attached hydrogens (primary N) is 1. The maximum Gasteiger partial charge on any atom is 0.424 e. The summed E-state index contributed by atoms with van der Waals surface area (Å²) in [7, 11) is 0. The van der Waals surface area contributed by atoms with Gasteiger partial charge in [-0.1, -0.05) is 19.3 Å². The normalized spacial score (nSPS) is 18.3. The van der Waals surface area contributed by atoms with Crippen LogP contribution in [0.2, 0.25) is 0 Å². The first-order valence-corrected chi connectivity index (χ1v) is 4.96. The molecule has 76 valence electrons.